The Kier molecular flexibility index (Phi) is 6.33. The Balaban J connectivity index is 1.41. The first kappa shape index (κ1) is 18.9. The number of halogens is 1. The van der Waals surface area contributed by atoms with Crippen molar-refractivity contribution in [3.05, 3.63) is 56.2 Å². The van der Waals surface area contributed by atoms with Crippen LogP contribution in [0, 0.1) is 5.92 Å². The molecule has 0 unspecified atom stereocenters. The van der Waals surface area contributed by atoms with Crippen LogP contribution in [0.5, 0.6) is 0 Å². The quantitative estimate of drug-likeness (QED) is 0.756. The van der Waals surface area contributed by atoms with Gasteiger partial charge in [0, 0.05) is 16.4 Å². The Labute approximate surface area is 162 Å². The molecule has 1 N–H and O–H groups in total. The Morgan fingerprint density at radius 3 is 2.85 bits per heavy atom. The van der Waals surface area contributed by atoms with Gasteiger partial charge in [-0.15, -0.1) is 11.3 Å². The maximum absolute atomic E-state index is 12.2. The van der Waals surface area contributed by atoms with Gasteiger partial charge in [-0.25, -0.2) is 4.79 Å². The SMILES string of the molecule is C[C@H]1CCc2sc(C(=O)OCC(=O)NCCc3ccc(Cl)cc3)cc2C1. The second-order valence-corrected chi connectivity index (χ2v) is 8.28. The van der Waals surface area contributed by atoms with Crippen LogP contribution in [0.2, 0.25) is 5.02 Å². The Bertz CT molecular complexity index is 785. The summed E-state index contributed by atoms with van der Waals surface area (Å²) < 4.78 is 5.15. The lowest BCUT2D eigenvalue weighted by Gasteiger charge is -2.16. The van der Waals surface area contributed by atoms with Gasteiger partial charge in [-0.2, -0.15) is 0 Å². The molecule has 1 aliphatic carbocycles. The molecule has 1 aromatic heterocycles. The number of nitrogens with one attached hydrogen (secondary N) is 1. The second kappa shape index (κ2) is 8.69. The summed E-state index contributed by atoms with van der Waals surface area (Å²) >= 11 is 7.34. The lowest BCUT2D eigenvalue weighted by Crippen LogP contribution is -2.30. The van der Waals surface area contributed by atoms with E-state index in [1.807, 2.05) is 30.3 Å². The predicted molar refractivity (Wildman–Crippen MR) is 104 cm³/mol. The summed E-state index contributed by atoms with van der Waals surface area (Å²) in [5.74, 6) is -0.0421. The molecule has 3 rings (SSSR count). The number of hydrogen-bond donors (Lipinski definition) is 1. The molecule has 0 saturated carbocycles. The third-order valence-corrected chi connectivity index (χ3v) is 5.98. The van der Waals surface area contributed by atoms with E-state index in [1.165, 1.54) is 21.8 Å². The van der Waals surface area contributed by atoms with Gasteiger partial charge < -0.3 is 10.1 Å². The van der Waals surface area contributed by atoms with E-state index in [-0.39, 0.29) is 12.5 Å². The molecule has 0 aliphatic heterocycles. The van der Waals surface area contributed by atoms with Crippen molar-refractivity contribution in [1.82, 2.24) is 5.32 Å². The molecule has 0 fully saturated rings. The van der Waals surface area contributed by atoms with Crippen LogP contribution >= 0.6 is 22.9 Å². The minimum Gasteiger partial charge on any atom is -0.451 e. The molecule has 1 aliphatic rings. The topological polar surface area (TPSA) is 55.4 Å². The van der Waals surface area contributed by atoms with Crippen LogP contribution in [0.15, 0.2) is 30.3 Å². The Morgan fingerprint density at radius 1 is 1.31 bits per heavy atom. The normalized spacial score (nSPS) is 16.0. The van der Waals surface area contributed by atoms with Crippen molar-refractivity contribution in [2.45, 2.75) is 32.6 Å². The van der Waals surface area contributed by atoms with Crippen LogP contribution < -0.4 is 5.32 Å². The first-order chi connectivity index (χ1) is 12.5. The number of ether oxygens (including phenoxy) is 1. The highest BCUT2D eigenvalue weighted by Gasteiger charge is 2.21. The molecular weight excluding hydrogens is 370 g/mol. The Morgan fingerprint density at radius 2 is 2.08 bits per heavy atom. The molecule has 0 radical (unpaired) electrons. The van der Waals surface area contributed by atoms with Crippen LogP contribution in [-0.4, -0.2) is 25.0 Å². The molecule has 138 valence electrons. The number of thiophene rings is 1. The largest absolute Gasteiger partial charge is 0.451 e. The summed E-state index contributed by atoms with van der Waals surface area (Å²) in [5.41, 5.74) is 2.35. The fourth-order valence-electron chi connectivity index (χ4n) is 3.06. The third kappa shape index (κ3) is 5.08. The van der Waals surface area contributed by atoms with E-state index in [0.717, 1.165) is 24.8 Å². The van der Waals surface area contributed by atoms with Gasteiger partial charge in [0.1, 0.15) is 4.88 Å². The predicted octanol–water partition coefficient (Wildman–Crippen LogP) is 4.04. The molecule has 6 heteroatoms. The average Bonchev–Trinajstić information content (AvgIpc) is 3.04. The van der Waals surface area contributed by atoms with Crippen molar-refractivity contribution < 1.29 is 14.3 Å². The number of rotatable bonds is 6. The van der Waals surface area contributed by atoms with Gasteiger partial charge in [0.25, 0.3) is 5.91 Å². The molecule has 0 spiro atoms. The minimum atomic E-state index is -0.412. The van der Waals surface area contributed by atoms with E-state index >= 15 is 0 Å². The minimum absolute atomic E-state index is 0.252. The van der Waals surface area contributed by atoms with Crippen LogP contribution in [-0.2, 0) is 28.8 Å². The molecule has 1 aromatic carbocycles. The van der Waals surface area contributed by atoms with E-state index in [4.69, 9.17) is 16.3 Å². The van der Waals surface area contributed by atoms with Gasteiger partial charge in [-0.1, -0.05) is 30.7 Å². The number of esters is 1. The van der Waals surface area contributed by atoms with Crippen molar-refractivity contribution in [1.29, 1.82) is 0 Å². The van der Waals surface area contributed by atoms with Gasteiger partial charge in [-0.3, -0.25) is 4.79 Å². The van der Waals surface area contributed by atoms with Gasteiger partial charge in [0.2, 0.25) is 0 Å². The monoisotopic (exact) mass is 391 g/mol. The smallest absolute Gasteiger partial charge is 0.348 e. The highest BCUT2D eigenvalue weighted by atomic mass is 35.5. The fourth-order valence-corrected chi connectivity index (χ4v) is 4.29. The standard InChI is InChI=1S/C20H22ClNO3S/c1-13-2-7-17-15(10-13)11-18(26-17)20(24)25-12-19(23)22-9-8-14-3-5-16(21)6-4-14/h3-6,11,13H,2,7-10,12H2,1H3,(H,22,23)/t13-/m0/s1. The van der Waals surface area contributed by atoms with Gasteiger partial charge in [-0.05, 0) is 60.9 Å². The molecule has 26 heavy (non-hydrogen) atoms. The van der Waals surface area contributed by atoms with Crippen LogP contribution in [0.1, 0.15) is 39.0 Å². The zero-order chi connectivity index (χ0) is 18.5. The molecule has 1 amide bonds. The number of carbonyl (C=O) groups is 2. The van der Waals surface area contributed by atoms with Gasteiger partial charge in [0.15, 0.2) is 6.61 Å². The molecule has 0 bridgehead atoms. The number of hydrogen-bond acceptors (Lipinski definition) is 4. The lowest BCUT2D eigenvalue weighted by atomic mass is 9.90. The fraction of sp³-hybridized carbons (Fsp3) is 0.400. The van der Waals surface area contributed by atoms with Gasteiger partial charge in [0.05, 0.1) is 0 Å². The first-order valence-corrected chi connectivity index (χ1v) is 10.0. The van der Waals surface area contributed by atoms with E-state index < -0.39 is 5.97 Å². The molecule has 1 heterocycles. The first-order valence-electron chi connectivity index (χ1n) is 8.81. The zero-order valence-corrected chi connectivity index (χ0v) is 16.3. The van der Waals surface area contributed by atoms with Crippen molar-refractivity contribution >= 4 is 34.8 Å². The molecule has 1 atom stereocenters. The lowest BCUT2D eigenvalue weighted by molar-refractivity contribution is -0.124. The van der Waals surface area contributed by atoms with E-state index in [9.17, 15) is 9.59 Å². The summed E-state index contributed by atoms with van der Waals surface area (Å²) in [6.45, 7) is 2.47. The summed E-state index contributed by atoms with van der Waals surface area (Å²) in [6.07, 6.45) is 3.91. The van der Waals surface area contributed by atoms with Crippen molar-refractivity contribution in [3.8, 4) is 0 Å². The van der Waals surface area contributed by atoms with Crippen molar-refractivity contribution in [2.75, 3.05) is 13.2 Å². The number of aryl methyl sites for hydroxylation is 1. The van der Waals surface area contributed by atoms with Crippen LogP contribution in [0.25, 0.3) is 0 Å². The molecule has 4 nitrogen and oxygen atoms in total. The van der Waals surface area contributed by atoms with Crippen molar-refractivity contribution in [3.63, 3.8) is 0 Å². The summed E-state index contributed by atoms with van der Waals surface area (Å²) in [4.78, 5) is 25.9. The Hall–Kier alpha value is -1.85. The number of amides is 1. The summed E-state index contributed by atoms with van der Waals surface area (Å²) in [7, 11) is 0. The highest BCUT2D eigenvalue weighted by Crippen LogP contribution is 2.32. The van der Waals surface area contributed by atoms with E-state index in [2.05, 4.69) is 12.2 Å². The van der Waals surface area contributed by atoms with Gasteiger partial charge >= 0.3 is 5.97 Å². The molecule has 2 aromatic rings. The van der Waals surface area contributed by atoms with E-state index in [1.54, 1.807) is 0 Å². The number of benzene rings is 1. The summed E-state index contributed by atoms with van der Waals surface area (Å²) in [6, 6.07) is 9.42. The molecular formula is C20H22ClNO3S. The maximum atomic E-state index is 12.2. The highest BCUT2D eigenvalue weighted by molar-refractivity contribution is 7.14. The number of carbonyl (C=O) groups excluding carboxylic acids is 2. The van der Waals surface area contributed by atoms with Crippen molar-refractivity contribution in [2.24, 2.45) is 5.92 Å². The average molecular weight is 392 g/mol. The van der Waals surface area contributed by atoms with Crippen LogP contribution in [0.4, 0.5) is 0 Å². The second-order valence-electron chi connectivity index (χ2n) is 6.71. The number of fused-ring (bicyclic) bond motifs is 1. The molecule has 0 saturated heterocycles. The summed E-state index contributed by atoms with van der Waals surface area (Å²) in [5, 5.41) is 3.45. The van der Waals surface area contributed by atoms with E-state index in [0.29, 0.717) is 28.8 Å². The maximum Gasteiger partial charge on any atom is 0.348 e. The zero-order valence-electron chi connectivity index (χ0n) is 14.7. The third-order valence-electron chi connectivity index (χ3n) is 4.51. The van der Waals surface area contributed by atoms with Crippen LogP contribution in [0.3, 0.4) is 0 Å².